The van der Waals surface area contributed by atoms with Crippen LogP contribution in [0.2, 0.25) is 0 Å². The highest BCUT2D eigenvalue weighted by molar-refractivity contribution is 7.10. The molecule has 2 atom stereocenters. The van der Waals surface area contributed by atoms with Crippen LogP contribution in [-0.4, -0.2) is 17.8 Å². The standard InChI is InChI=1S/C15H24O2S/c1-3-5-13(16)10-17-14(12-6-7-12)15-11(4-2)8-9-18-15/h8-9,12-14,16H,3-7,10H2,1-2H3/t13-,14?/m1/s1. The van der Waals surface area contributed by atoms with Crippen molar-refractivity contribution in [2.45, 2.75) is 58.2 Å². The van der Waals surface area contributed by atoms with Gasteiger partial charge in [0.25, 0.3) is 0 Å². The van der Waals surface area contributed by atoms with E-state index < -0.39 is 0 Å². The smallest absolute Gasteiger partial charge is 0.0948 e. The molecule has 0 amide bonds. The molecule has 1 N–H and O–H groups in total. The largest absolute Gasteiger partial charge is 0.391 e. The number of aryl methyl sites for hydroxylation is 1. The molecule has 1 saturated carbocycles. The number of hydrogen-bond acceptors (Lipinski definition) is 3. The lowest BCUT2D eigenvalue weighted by atomic mass is 10.1. The Balaban J connectivity index is 1.96. The van der Waals surface area contributed by atoms with Gasteiger partial charge in [-0.15, -0.1) is 11.3 Å². The number of thiophene rings is 1. The van der Waals surface area contributed by atoms with E-state index in [2.05, 4.69) is 25.3 Å². The van der Waals surface area contributed by atoms with Crippen molar-refractivity contribution >= 4 is 11.3 Å². The molecular weight excluding hydrogens is 244 g/mol. The number of ether oxygens (including phenoxy) is 1. The van der Waals surface area contributed by atoms with Gasteiger partial charge in [0.15, 0.2) is 0 Å². The number of aliphatic hydroxyl groups excluding tert-OH is 1. The van der Waals surface area contributed by atoms with E-state index in [1.165, 1.54) is 23.3 Å². The molecule has 2 nitrogen and oxygen atoms in total. The zero-order valence-corrected chi connectivity index (χ0v) is 12.2. The van der Waals surface area contributed by atoms with E-state index >= 15 is 0 Å². The Morgan fingerprint density at radius 2 is 2.22 bits per heavy atom. The maximum Gasteiger partial charge on any atom is 0.0948 e. The van der Waals surface area contributed by atoms with E-state index in [4.69, 9.17) is 4.74 Å². The average molecular weight is 268 g/mol. The SMILES string of the molecule is CCC[C@@H](O)COC(c1sccc1CC)C1CC1. The van der Waals surface area contributed by atoms with Gasteiger partial charge in [-0.25, -0.2) is 0 Å². The third kappa shape index (κ3) is 3.56. The molecule has 1 aromatic rings. The Morgan fingerprint density at radius 3 is 2.83 bits per heavy atom. The zero-order chi connectivity index (χ0) is 13.0. The van der Waals surface area contributed by atoms with Crippen LogP contribution in [0, 0.1) is 5.92 Å². The van der Waals surface area contributed by atoms with Crippen LogP contribution in [0.1, 0.15) is 56.1 Å². The van der Waals surface area contributed by atoms with Gasteiger partial charge in [-0.1, -0.05) is 20.3 Å². The Labute approximate surface area is 114 Å². The second-order valence-electron chi connectivity index (χ2n) is 5.20. The van der Waals surface area contributed by atoms with Crippen LogP contribution < -0.4 is 0 Å². The summed E-state index contributed by atoms with van der Waals surface area (Å²) in [5.41, 5.74) is 1.42. The normalized spacial score (nSPS) is 18.8. The minimum atomic E-state index is -0.304. The van der Waals surface area contributed by atoms with Crippen molar-refractivity contribution in [3.8, 4) is 0 Å². The summed E-state index contributed by atoms with van der Waals surface area (Å²) >= 11 is 1.81. The van der Waals surface area contributed by atoms with Gasteiger partial charge in [0.2, 0.25) is 0 Å². The van der Waals surface area contributed by atoms with Gasteiger partial charge in [-0.2, -0.15) is 0 Å². The first-order valence-corrected chi connectivity index (χ1v) is 8.00. The third-order valence-electron chi connectivity index (χ3n) is 3.56. The molecule has 1 unspecified atom stereocenters. The molecule has 0 spiro atoms. The van der Waals surface area contributed by atoms with Crippen molar-refractivity contribution in [3.05, 3.63) is 21.9 Å². The minimum absolute atomic E-state index is 0.228. The first kappa shape index (κ1) is 14.0. The van der Waals surface area contributed by atoms with Crippen LogP contribution in [0.4, 0.5) is 0 Å². The van der Waals surface area contributed by atoms with Gasteiger partial charge >= 0.3 is 0 Å². The number of rotatable bonds is 8. The van der Waals surface area contributed by atoms with Gasteiger partial charge in [-0.05, 0) is 48.6 Å². The van der Waals surface area contributed by atoms with Gasteiger partial charge in [-0.3, -0.25) is 0 Å². The molecule has 1 aliphatic rings. The summed E-state index contributed by atoms with van der Waals surface area (Å²) in [7, 11) is 0. The van der Waals surface area contributed by atoms with E-state index in [0.717, 1.165) is 19.3 Å². The zero-order valence-electron chi connectivity index (χ0n) is 11.4. The van der Waals surface area contributed by atoms with E-state index in [0.29, 0.717) is 12.5 Å². The predicted molar refractivity (Wildman–Crippen MR) is 76.0 cm³/mol. The lowest BCUT2D eigenvalue weighted by molar-refractivity contribution is -0.0214. The first-order chi connectivity index (χ1) is 8.76. The van der Waals surface area contributed by atoms with Crippen LogP contribution in [0.5, 0.6) is 0 Å². The molecule has 0 bridgehead atoms. The van der Waals surface area contributed by atoms with Crippen LogP contribution in [-0.2, 0) is 11.2 Å². The Bertz CT molecular complexity index is 357. The lowest BCUT2D eigenvalue weighted by Crippen LogP contribution is -2.18. The van der Waals surface area contributed by atoms with Crippen molar-refractivity contribution in [2.75, 3.05) is 6.61 Å². The molecule has 0 aliphatic heterocycles. The maximum absolute atomic E-state index is 9.80. The highest BCUT2D eigenvalue weighted by Gasteiger charge is 2.35. The van der Waals surface area contributed by atoms with Gasteiger partial charge < -0.3 is 9.84 Å². The summed E-state index contributed by atoms with van der Waals surface area (Å²) in [6.07, 6.45) is 5.39. The average Bonchev–Trinajstić information content (AvgIpc) is 3.08. The molecule has 1 aromatic heterocycles. The second kappa shape index (κ2) is 6.69. The van der Waals surface area contributed by atoms with Gasteiger partial charge in [0.1, 0.15) is 0 Å². The molecule has 102 valence electrons. The van der Waals surface area contributed by atoms with Gasteiger partial charge in [0.05, 0.1) is 18.8 Å². The molecule has 3 heteroatoms. The van der Waals surface area contributed by atoms with Crippen molar-refractivity contribution in [1.82, 2.24) is 0 Å². The highest BCUT2D eigenvalue weighted by Crippen LogP contribution is 2.46. The minimum Gasteiger partial charge on any atom is -0.391 e. The molecule has 18 heavy (non-hydrogen) atoms. The fraction of sp³-hybridized carbons (Fsp3) is 0.733. The molecule has 0 aromatic carbocycles. The highest BCUT2D eigenvalue weighted by atomic mass is 32.1. The van der Waals surface area contributed by atoms with E-state index in [9.17, 15) is 5.11 Å². The van der Waals surface area contributed by atoms with E-state index in [1.54, 1.807) is 0 Å². The summed E-state index contributed by atoms with van der Waals surface area (Å²) in [4.78, 5) is 1.39. The second-order valence-corrected chi connectivity index (χ2v) is 6.15. The number of aliphatic hydroxyl groups is 1. The molecule has 0 radical (unpaired) electrons. The monoisotopic (exact) mass is 268 g/mol. The summed E-state index contributed by atoms with van der Waals surface area (Å²) in [5, 5.41) is 12.0. The molecule has 1 fully saturated rings. The van der Waals surface area contributed by atoms with E-state index in [1.807, 2.05) is 11.3 Å². The molecule has 2 rings (SSSR count). The topological polar surface area (TPSA) is 29.5 Å². The quantitative estimate of drug-likeness (QED) is 0.774. The van der Waals surface area contributed by atoms with Crippen LogP contribution in [0.3, 0.4) is 0 Å². The maximum atomic E-state index is 9.80. The summed E-state index contributed by atoms with van der Waals surface area (Å²) in [6.45, 7) is 4.77. The molecule has 1 heterocycles. The van der Waals surface area contributed by atoms with Crippen LogP contribution in [0.15, 0.2) is 11.4 Å². The van der Waals surface area contributed by atoms with Crippen molar-refractivity contribution < 1.29 is 9.84 Å². The molecule has 0 saturated heterocycles. The Kier molecular flexibility index (Phi) is 5.22. The fourth-order valence-corrected chi connectivity index (χ4v) is 3.48. The predicted octanol–water partition coefficient (Wildman–Crippen LogP) is 3.94. The summed E-state index contributed by atoms with van der Waals surface area (Å²) in [6, 6.07) is 2.21. The summed E-state index contributed by atoms with van der Waals surface area (Å²) < 4.78 is 6.03. The van der Waals surface area contributed by atoms with E-state index in [-0.39, 0.29) is 12.2 Å². The third-order valence-corrected chi connectivity index (χ3v) is 4.58. The number of hydrogen-bond donors (Lipinski definition) is 1. The lowest BCUT2D eigenvalue weighted by Gasteiger charge is -2.20. The fourth-order valence-electron chi connectivity index (χ4n) is 2.35. The van der Waals surface area contributed by atoms with Crippen molar-refractivity contribution in [1.29, 1.82) is 0 Å². The van der Waals surface area contributed by atoms with Crippen molar-refractivity contribution in [2.24, 2.45) is 5.92 Å². The van der Waals surface area contributed by atoms with Crippen LogP contribution >= 0.6 is 11.3 Å². The Hall–Kier alpha value is -0.380. The molecular formula is C15H24O2S. The van der Waals surface area contributed by atoms with Crippen LogP contribution in [0.25, 0.3) is 0 Å². The summed E-state index contributed by atoms with van der Waals surface area (Å²) in [5.74, 6) is 0.683. The first-order valence-electron chi connectivity index (χ1n) is 7.12. The Morgan fingerprint density at radius 1 is 1.44 bits per heavy atom. The van der Waals surface area contributed by atoms with Crippen molar-refractivity contribution in [3.63, 3.8) is 0 Å². The molecule has 1 aliphatic carbocycles. The van der Waals surface area contributed by atoms with Gasteiger partial charge in [0, 0.05) is 4.88 Å².